The summed E-state index contributed by atoms with van der Waals surface area (Å²) in [6.07, 6.45) is 0. The maximum absolute atomic E-state index is 12.4. The summed E-state index contributed by atoms with van der Waals surface area (Å²) >= 11 is 1.27. The summed E-state index contributed by atoms with van der Waals surface area (Å²) in [5, 5.41) is 5.28. The van der Waals surface area contributed by atoms with Gasteiger partial charge in [-0.3, -0.25) is 9.59 Å². The monoisotopic (exact) mass is 402 g/mol. The number of hydrogen-bond donors (Lipinski definition) is 2. The summed E-state index contributed by atoms with van der Waals surface area (Å²) in [5.74, 6) is 1.22. The van der Waals surface area contributed by atoms with Gasteiger partial charge in [-0.05, 0) is 57.2 Å². The minimum atomic E-state index is -0.388. The lowest BCUT2D eigenvalue weighted by atomic mass is 10.3. The second-order valence-electron chi connectivity index (χ2n) is 5.88. The van der Waals surface area contributed by atoms with Crippen molar-refractivity contribution < 1.29 is 19.1 Å². The van der Waals surface area contributed by atoms with E-state index in [9.17, 15) is 9.59 Å². The lowest BCUT2D eigenvalue weighted by molar-refractivity contribution is -0.115. The highest BCUT2D eigenvalue weighted by Gasteiger charge is 2.17. The Morgan fingerprint density at radius 2 is 1.64 bits per heavy atom. The predicted molar refractivity (Wildman–Crippen MR) is 114 cm³/mol. The molecule has 2 amide bonds. The molecule has 0 aromatic heterocycles. The fourth-order valence-electron chi connectivity index (χ4n) is 2.36. The van der Waals surface area contributed by atoms with Crippen LogP contribution in [-0.4, -0.2) is 36.0 Å². The molecule has 6 nitrogen and oxygen atoms in total. The Hall–Kier alpha value is -2.67. The summed E-state index contributed by atoms with van der Waals surface area (Å²) in [6, 6.07) is 14.5. The van der Waals surface area contributed by atoms with Gasteiger partial charge in [0.15, 0.2) is 0 Å². The second kappa shape index (κ2) is 11.2. The summed E-state index contributed by atoms with van der Waals surface area (Å²) in [7, 11) is 0. The van der Waals surface area contributed by atoms with Crippen molar-refractivity contribution in [2.45, 2.75) is 26.0 Å². The van der Waals surface area contributed by atoms with Crippen molar-refractivity contribution in [1.29, 1.82) is 0 Å². The van der Waals surface area contributed by atoms with Gasteiger partial charge < -0.3 is 20.1 Å². The van der Waals surface area contributed by atoms with Gasteiger partial charge in [-0.1, -0.05) is 12.1 Å². The molecule has 0 radical (unpaired) electrons. The summed E-state index contributed by atoms with van der Waals surface area (Å²) in [6.45, 7) is 6.69. The van der Waals surface area contributed by atoms with Gasteiger partial charge in [0, 0.05) is 5.69 Å². The molecule has 0 fully saturated rings. The van der Waals surface area contributed by atoms with Crippen LogP contribution in [0.5, 0.6) is 11.5 Å². The highest BCUT2D eigenvalue weighted by Crippen LogP contribution is 2.25. The maximum atomic E-state index is 12.4. The number of carbonyl (C=O) groups is 2. The molecule has 0 spiro atoms. The van der Waals surface area contributed by atoms with Crippen LogP contribution in [0.1, 0.15) is 20.8 Å². The predicted octanol–water partition coefficient (Wildman–Crippen LogP) is 4.18. The Bertz CT molecular complexity index is 780. The van der Waals surface area contributed by atoms with Crippen LogP contribution in [-0.2, 0) is 9.59 Å². The van der Waals surface area contributed by atoms with E-state index < -0.39 is 0 Å². The van der Waals surface area contributed by atoms with Crippen molar-refractivity contribution in [2.24, 2.45) is 0 Å². The van der Waals surface area contributed by atoms with Crippen molar-refractivity contribution in [2.75, 3.05) is 29.6 Å². The largest absolute Gasteiger partial charge is 0.494 e. The Morgan fingerprint density at radius 3 is 2.32 bits per heavy atom. The van der Waals surface area contributed by atoms with Gasteiger partial charge in [0.1, 0.15) is 11.5 Å². The lowest BCUT2D eigenvalue weighted by Crippen LogP contribution is -2.25. The van der Waals surface area contributed by atoms with E-state index >= 15 is 0 Å². The Kier molecular flexibility index (Phi) is 8.68. The van der Waals surface area contributed by atoms with E-state index in [-0.39, 0.29) is 22.8 Å². The molecular formula is C21H26N2O4S. The van der Waals surface area contributed by atoms with Gasteiger partial charge in [0.05, 0.1) is 29.9 Å². The Morgan fingerprint density at radius 1 is 0.964 bits per heavy atom. The average molecular weight is 403 g/mol. The maximum Gasteiger partial charge on any atom is 0.237 e. The first-order valence-electron chi connectivity index (χ1n) is 9.20. The normalized spacial score (nSPS) is 11.4. The summed E-state index contributed by atoms with van der Waals surface area (Å²) in [4.78, 5) is 24.5. The number of anilines is 2. The van der Waals surface area contributed by atoms with E-state index in [1.54, 1.807) is 43.3 Å². The summed E-state index contributed by atoms with van der Waals surface area (Å²) in [5.41, 5.74) is 1.32. The molecular weight excluding hydrogens is 376 g/mol. The number of thioether (sulfide) groups is 1. The smallest absolute Gasteiger partial charge is 0.237 e. The number of hydrogen-bond acceptors (Lipinski definition) is 5. The first-order chi connectivity index (χ1) is 13.5. The van der Waals surface area contributed by atoms with E-state index in [2.05, 4.69) is 10.6 Å². The molecule has 0 saturated heterocycles. The molecule has 1 atom stereocenters. The van der Waals surface area contributed by atoms with Gasteiger partial charge in [0.25, 0.3) is 0 Å². The van der Waals surface area contributed by atoms with Crippen LogP contribution in [0.25, 0.3) is 0 Å². The zero-order chi connectivity index (χ0) is 20.4. The van der Waals surface area contributed by atoms with Crippen LogP contribution in [0, 0.1) is 0 Å². The first-order valence-corrected chi connectivity index (χ1v) is 10.2. The fraction of sp³-hybridized carbons (Fsp3) is 0.333. The van der Waals surface area contributed by atoms with E-state index in [4.69, 9.17) is 9.47 Å². The molecule has 0 saturated carbocycles. The number of para-hydroxylation sites is 2. The first kappa shape index (κ1) is 21.6. The minimum absolute atomic E-state index is 0.163. The number of ether oxygens (including phenoxy) is 2. The molecule has 0 aliphatic heterocycles. The van der Waals surface area contributed by atoms with E-state index in [1.165, 1.54) is 11.8 Å². The van der Waals surface area contributed by atoms with Crippen LogP contribution in [0.3, 0.4) is 0 Å². The number of rotatable bonds is 10. The zero-order valence-corrected chi connectivity index (χ0v) is 17.2. The van der Waals surface area contributed by atoms with Crippen molar-refractivity contribution in [3.8, 4) is 11.5 Å². The molecule has 0 heterocycles. The highest BCUT2D eigenvalue weighted by atomic mass is 32.2. The molecule has 2 N–H and O–H groups in total. The van der Waals surface area contributed by atoms with Crippen LogP contribution >= 0.6 is 11.8 Å². The Balaban J connectivity index is 1.81. The van der Waals surface area contributed by atoms with Gasteiger partial charge in [0.2, 0.25) is 11.8 Å². The third-order valence-corrected chi connectivity index (χ3v) is 4.87. The molecule has 2 aromatic carbocycles. The van der Waals surface area contributed by atoms with Crippen molar-refractivity contribution in [3.05, 3.63) is 48.5 Å². The quantitative estimate of drug-likeness (QED) is 0.623. The van der Waals surface area contributed by atoms with Gasteiger partial charge in [-0.25, -0.2) is 0 Å². The molecule has 0 aliphatic carbocycles. The molecule has 7 heteroatoms. The molecule has 0 bridgehead atoms. The van der Waals surface area contributed by atoms with Gasteiger partial charge in [-0.15, -0.1) is 11.8 Å². The van der Waals surface area contributed by atoms with E-state index in [0.717, 1.165) is 5.75 Å². The third kappa shape index (κ3) is 6.81. The van der Waals surface area contributed by atoms with Crippen LogP contribution in [0.15, 0.2) is 48.5 Å². The molecule has 2 rings (SSSR count). The fourth-order valence-corrected chi connectivity index (χ4v) is 3.04. The molecule has 2 aromatic rings. The van der Waals surface area contributed by atoms with Gasteiger partial charge in [-0.2, -0.15) is 0 Å². The van der Waals surface area contributed by atoms with E-state index in [0.29, 0.717) is 30.3 Å². The standard InChI is InChI=1S/C21H26N2O4S/c1-4-26-17-12-10-16(11-13-17)22-20(24)14-28-15(3)21(25)23-18-8-6-7-9-19(18)27-5-2/h6-13,15H,4-5,14H2,1-3H3,(H,22,24)(H,23,25)/t15-/m0/s1. The van der Waals surface area contributed by atoms with Crippen LogP contribution in [0.2, 0.25) is 0 Å². The number of benzene rings is 2. The number of amides is 2. The summed E-state index contributed by atoms with van der Waals surface area (Å²) < 4.78 is 10.9. The molecule has 28 heavy (non-hydrogen) atoms. The van der Waals surface area contributed by atoms with E-state index in [1.807, 2.05) is 26.0 Å². The molecule has 150 valence electrons. The Labute approximate surface area is 170 Å². The van der Waals surface area contributed by atoms with Gasteiger partial charge >= 0.3 is 0 Å². The highest BCUT2D eigenvalue weighted by molar-refractivity contribution is 8.01. The van der Waals surface area contributed by atoms with Crippen LogP contribution in [0.4, 0.5) is 11.4 Å². The topological polar surface area (TPSA) is 76.7 Å². The number of nitrogens with one attached hydrogen (secondary N) is 2. The average Bonchev–Trinajstić information content (AvgIpc) is 2.69. The van der Waals surface area contributed by atoms with Crippen molar-refractivity contribution in [1.82, 2.24) is 0 Å². The lowest BCUT2D eigenvalue weighted by Gasteiger charge is -2.15. The minimum Gasteiger partial charge on any atom is -0.494 e. The van der Waals surface area contributed by atoms with Crippen molar-refractivity contribution in [3.63, 3.8) is 0 Å². The SMILES string of the molecule is CCOc1ccc(NC(=O)CS[C@@H](C)C(=O)Nc2ccccc2OCC)cc1. The number of carbonyl (C=O) groups excluding carboxylic acids is 2. The molecule has 0 aliphatic rings. The van der Waals surface area contributed by atoms with Crippen LogP contribution < -0.4 is 20.1 Å². The second-order valence-corrected chi connectivity index (χ2v) is 7.21. The molecule has 0 unspecified atom stereocenters. The zero-order valence-electron chi connectivity index (χ0n) is 16.4. The van der Waals surface area contributed by atoms with Crippen molar-refractivity contribution >= 4 is 35.0 Å². The third-order valence-electron chi connectivity index (χ3n) is 3.73.